The summed E-state index contributed by atoms with van der Waals surface area (Å²) in [6, 6.07) is 5.09. The van der Waals surface area contributed by atoms with Gasteiger partial charge in [0.05, 0.1) is 24.8 Å². The standard InChI is InChI=1S/C13H16BrNO3/c1-9-2-3-12(16)11(6-9)13(17)15-4-5-18-8-10(15)7-14/h2-3,6,10,16H,4-5,7-8H2,1H3. The number of rotatable bonds is 2. The van der Waals surface area contributed by atoms with Gasteiger partial charge in [-0.25, -0.2) is 0 Å². The smallest absolute Gasteiger partial charge is 0.258 e. The molecule has 0 spiro atoms. The molecule has 1 saturated heterocycles. The van der Waals surface area contributed by atoms with Crippen molar-refractivity contribution in [1.82, 2.24) is 4.90 Å². The highest BCUT2D eigenvalue weighted by Crippen LogP contribution is 2.22. The van der Waals surface area contributed by atoms with E-state index >= 15 is 0 Å². The first kappa shape index (κ1) is 13.4. The third-order valence-electron chi connectivity index (χ3n) is 3.05. The monoisotopic (exact) mass is 313 g/mol. The number of morpholine rings is 1. The first-order valence-electron chi connectivity index (χ1n) is 5.87. The summed E-state index contributed by atoms with van der Waals surface area (Å²) in [6.45, 7) is 3.53. The minimum Gasteiger partial charge on any atom is -0.507 e. The van der Waals surface area contributed by atoms with E-state index < -0.39 is 0 Å². The van der Waals surface area contributed by atoms with Crippen molar-refractivity contribution >= 4 is 21.8 Å². The zero-order valence-electron chi connectivity index (χ0n) is 10.2. The lowest BCUT2D eigenvalue weighted by molar-refractivity contribution is 0.00509. The summed E-state index contributed by atoms with van der Waals surface area (Å²) in [5.74, 6) is -0.102. The minimum atomic E-state index is -0.135. The number of aromatic hydroxyl groups is 1. The first-order valence-corrected chi connectivity index (χ1v) is 7.00. The van der Waals surface area contributed by atoms with Crippen LogP contribution in [0.4, 0.5) is 0 Å². The van der Waals surface area contributed by atoms with Gasteiger partial charge >= 0.3 is 0 Å². The predicted molar refractivity (Wildman–Crippen MR) is 72.3 cm³/mol. The highest BCUT2D eigenvalue weighted by Gasteiger charge is 2.28. The van der Waals surface area contributed by atoms with Crippen LogP contribution in [0, 0.1) is 6.92 Å². The van der Waals surface area contributed by atoms with Gasteiger partial charge in [-0.05, 0) is 19.1 Å². The van der Waals surface area contributed by atoms with Crippen LogP contribution in [0.15, 0.2) is 18.2 Å². The average Bonchev–Trinajstić information content (AvgIpc) is 2.40. The molecular formula is C13H16BrNO3. The van der Waals surface area contributed by atoms with Crippen molar-refractivity contribution in [3.8, 4) is 5.75 Å². The molecule has 1 aromatic rings. The van der Waals surface area contributed by atoms with Crippen molar-refractivity contribution in [3.63, 3.8) is 0 Å². The highest BCUT2D eigenvalue weighted by atomic mass is 79.9. The van der Waals surface area contributed by atoms with Crippen LogP contribution in [0.5, 0.6) is 5.75 Å². The van der Waals surface area contributed by atoms with Crippen LogP contribution in [0.25, 0.3) is 0 Å². The van der Waals surface area contributed by atoms with Crippen LogP contribution in [0.2, 0.25) is 0 Å². The molecule has 0 aliphatic carbocycles. The molecule has 5 heteroatoms. The maximum atomic E-state index is 12.4. The van der Waals surface area contributed by atoms with E-state index in [1.807, 2.05) is 6.92 Å². The number of halogens is 1. The second-order valence-corrected chi connectivity index (χ2v) is 5.05. The van der Waals surface area contributed by atoms with E-state index in [1.165, 1.54) is 0 Å². The topological polar surface area (TPSA) is 49.8 Å². The Morgan fingerprint density at radius 2 is 2.39 bits per heavy atom. The quantitative estimate of drug-likeness (QED) is 0.849. The Kier molecular flexibility index (Phi) is 4.24. The van der Waals surface area contributed by atoms with Gasteiger partial charge in [-0.15, -0.1) is 0 Å². The number of phenols is 1. The zero-order chi connectivity index (χ0) is 13.1. The van der Waals surface area contributed by atoms with Crippen molar-refractivity contribution in [2.45, 2.75) is 13.0 Å². The van der Waals surface area contributed by atoms with E-state index in [4.69, 9.17) is 4.74 Å². The van der Waals surface area contributed by atoms with Crippen molar-refractivity contribution in [1.29, 1.82) is 0 Å². The third-order valence-corrected chi connectivity index (χ3v) is 3.80. The second kappa shape index (κ2) is 5.71. The van der Waals surface area contributed by atoms with Crippen molar-refractivity contribution in [2.75, 3.05) is 25.1 Å². The largest absolute Gasteiger partial charge is 0.507 e. The fourth-order valence-corrected chi connectivity index (χ4v) is 2.56. The van der Waals surface area contributed by atoms with Gasteiger partial charge in [0.25, 0.3) is 5.91 Å². The molecule has 98 valence electrons. The molecule has 1 aromatic carbocycles. The number of carbonyl (C=O) groups excluding carboxylic acids is 1. The number of benzene rings is 1. The predicted octanol–water partition coefficient (Wildman–Crippen LogP) is 1.94. The maximum Gasteiger partial charge on any atom is 0.258 e. The van der Waals surface area contributed by atoms with Crippen LogP contribution in [0.3, 0.4) is 0 Å². The lowest BCUT2D eigenvalue weighted by atomic mass is 10.1. The summed E-state index contributed by atoms with van der Waals surface area (Å²) >= 11 is 3.39. The molecule has 4 nitrogen and oxygen atoms in total. The van der Waals surface area contributed by atoms with Crippen LogP contribution in [-0.2, 0) is 4.74 Å². The lowest BCUT2D eigenvalue weighted by Crippen LogP contribution is -2.49. The summed E-state index contributed by atoms with van der Waals surface area (Å²) < 4.78 is 5.36. The van der Waals surface area contributed by atoms with Gasteiger partial charge in [0, 0.05) is 11.9 Å². The molecule has 0 aromatic heterocycles. The third kappa shape index (κ3) is 2.67. The van der Waals surface area contributed by atoms with Crippen molar-refractivity contribution in [3.05, 3.63) is 29.3 Å². The molecule has 0 bridgehead atoms. The normalized spacial score (nSPS) is 19.9. The molecule has 1 heterocycles. The van der Waals surface area contributed by atoms with E-state index in [9.17, 15) is 9.90 Å². The Morgan fingerprint density at radius 1 is 1.61 bits per heavy atom. The van der Waals surface area contributed by atoms with Gasteiger partial charge < -0.3 is 14.7 Å². The number of ether oxygens (including phenoxy) is 1. The van der Waals surface area contributed by atoms with Gasteiger partial charge in [-0.3, -0.25) is 4.79 Å². The molecule has 1 aliphatic rings. The molecule has 1 fully saturated rings. The summed E-state index contributed by atoms with van der Waals surface area (Å²) in [5, 5.41) is 10.5. The maximum absolute atomic E-state index is 12.4. The molecule has 1 atom stereocenters. The SMILES string of the molecule is Cc1ccc(O)c(C(=O)N2CCOCC2CBr)c1. The van der Waals surface area contributed by atoms with Gasteiger partial charge in [-0.1, -0.05) is 27.6 Å². The molecule has 0 radical (unpaired) electrons. The molecule has 18 heavy (non-hydrogen) atoms. The number of carbonyl (C=O) groups is 1. The van der Waals surface area contributed by atoms with Crippen LogP contribution in [0.1, 0.15) is 15.9 Å². The molecule has 1 amide bonds. The number of hydrogen-bond acceptors (Lipinski definition) is 3. The van der Waals surface area contributed by atoms with Crippen LogP contribution >= 0.6 is 15.9 Å². The summed E-state index contributed by atoms with van der Waals surface area (Å²) in [6.07, 6.45) is 0. The molecular weight excluding hydrogens is 298 g/mol. The van der Waals surface area contributed by atoms with Gasteiger partial charge in [0.1, 0.15) is 5.75 Å². The number of alkyl halides is 1. The fraction of sp³-hybridized carbons (Fsp3) is 0.462. The Morgan fingerprint density at radius 3 is 3.11 bits per heavy atom. The number of amides is 1. The van der Waals surface area contributed by atoms with Crippen molar-refractivity contribution < 1.29 is 14.6 Å². The molecule has 1 aliphatic heterocycles. The Bertz CT molecular complexity index is 450. The molecule has 0 saturated carbocycles. The molecule has 1 unspecified atom stereocenters. The van der Waals surface area contributed by atoms with E-state index in [2.05, 4.69) is 15.9 Å². The van der Waals surface area contributed by atoms with Gasteiger partial charge in [-0.2, -0.15) is 0 Å². The van der Waals surface area contributed by atoms with Gasteiger partial charge in [0.2, 0.25) is 0 Å². The number of nitrogens with zero attached hydrogens (tertiary/aromatic N) is 1. The minimum absolute atomic E-state index is 0.0196. The van der Waals surface area contributed by atoms with Crippen LogP contribution < -0.4 is 0 Å². The van der Waals surface area contributed by atoms with E-state index in [-0.39, 0.29) is 17.7 Å². The van der Waals surface area contributed by atoms with E-state index in [1.54, 1.807) is 23.1 Å². The fourth-order valence-electron chi connectivity index (χ4n) is 2.03. The first-order chi connectivity index (χ1) is 8.63. The lowest BCUT2D eigenvalue weighted by Gasteiger charge is -2.34. The molecule has 2 rings (SSSR count). The Labute approximate surface area is 115 Å². The van der Waals surface area contributed by atoms with E-state index in [0.717, 1.165) is 5.56 Å². The Hall–Kier alpha value is -1.07. The Balaban J connectivity index is 2.26. The zero-order valence-corrected chi connectivity index (χ0v) is 11.8. The summed E-state index contributed by atoms with van der Waals surface area (Å²) in [7, 11) is 0. The number of aryl methyl sites for hydroxylation is 1. The average molecular weight is 314 g/mol. The van der Waals surface area contributed by atoms with Gasteiger partial charge in [0.15, 0.2) is 0 Å². The van der Waals surface area contributed by atoms with Crippen LogP contribution in [-0.4, -0.2) is 47.0 Å². The summed E-state index contributed by atoms with van der Waals surface area (Å²) in [5.41, 5.74) is 1.32. The highest BCUT2D eigenvalue weighted by molar-refractivity contribution is 9.09. The number of hydrogen-bond donors (Lipinski definition) is 1. The summed E-state index contributed by atoms with van der Waals surface area (Å²) in [4.78, 5) is 14.2. The second-order valence-electron chi connectivity index (χ2n) is 4.40. The number of phenolic OH excluding ortho intramolecular Hbond substituents is 1. The van der Waals surface area contributed by atoms with E-state index in [0.29, 0.717) is 30.7 Å². The molecule has 1 N–H and O–H groups in total. The van der Waals surface area contributed by atoms with Crippen molar-refractivity contribution in [2.24, 2.45) is 0 Å².